The van der Waals surface area contributed by atoms with E-state index in [0.717, 1.165) is 45.4 Å². The minimum atomic E-state index is -0.158. The van der Waals surface area contributed by atoms with Crippen LogP contribution in [0.4, 0.5) is 5.69 Å². The number of unbranched alkanes of at least 4 members (excludes halogenated alkanes) is 1. The van der Waals surface area contributed by atoms with E-state index in [4.69, 9.17) is 4.74 Å². The second-order valence-electron chi connectivity index (χ2n) is 9.53. The molecule has 5 aromatic rings. The Balaban J connectivity index is 1.18. The van der Waals surface area contributed by atoms with Gasteiger partial charge in [0.25, 0.3) is 0 Å². The van der Waals surface area contributed by atoms with E-state index in [9.17, 15) is 9.59 Å². The summed E-state index contributed by atoms with van der Waals surface area (Å²) < 4.78 is 9.62. The van der Waals surface area contributed by atoms with Crippen LogP contribution in [0.1, 0.15) is 25.6 Å². The molecular formula is C31H32N6O3S3. The fraction of sp³-hybridized carbons (Fsp3) is 0.258. The van der Waals surface area contributed by atoms with Crippen molar-refractivity contribution in [1.29, 1.82) is 0 Å². The first kappa shape index (κ1) is 30.7. The Labute approximate surface area is 262 Å². The predicted octanol–water partition coefficient (Wildman–Crippen LogP) is 6.24. The zero-order chi connectivity index (χ0) is 29.9. The monoisotopic (exact) mass is 632 g/mol. The van der Waals surface area contributed by atoms with Crippen molar-refractivity contribution in [2.75, 3.05) is 29.9 Å². The number of Topliss-reactive ketones (excluding diaryl/α,β-unsaturated/α-hetero) is 1. The number of rotatable bonds is 16. The summed E-state index contributed by atoms with van der Waals surface area (Å²) in [7, 11) is 0. The number of amides is 1. The highest BCUT2D eigenvalue weighted by atomic mass is 32.2. The molecular weight excluding hydrogens is 601 g/mol. The highest BCUT2D eigenvalue weighted by Gasteiger charge is 2.17. The number of thiazole rings is 1. The standard InChI is InChI=1S/C31H32N6O3S3/c1-2-3-16-32-18-24(38)20-42-31-34-26-15-14-22(17-27(26)43-31)33-29(39)21-41-30-36-35-28(19-40-25-12-8-5-9-13-25)37(30)23-10-6-4-7-11-23/h4-15,17,32H,2-3,16,18-21H2,1H3,(H,33,39). The van der Waals surface area contributed by atoms with Gasteiger partial charge in [0.15, 0.2) is 21.1 Å². The molecule has 12 heteroatoms. The summed E-state index contributed by atoms with van der Waals surface area (Å²) in [5, 5.41) is 15.5. The molecule has 0 bridgehead atoms. The van der Waals surface area contributed by atoms with Crippen LogP contribution in [0.2, 0.25) is 0 Å². The molecule has 2 heterocycles. The van der Waals surface area contributed by atoms with E-state index in [1.165, 1.54) is 34.9 Å². The molecule has 3 aromatic carbocycles. The Morgan fingerprint density at radius 3 is 2.53 bits per heavy atom. The van der Waals surface area contributed by atoms with E-state index >= 15 is 0 Å². The van der Waals surface area contributed by atoms with E-state index < -0.39 is 0 Å². The summed E-state index contributed by atoms with van der Waals surface area (Å²) >= 11 is 4.28. The smallest absolute Gasteiger partial charge is 0.234 e. The lowest BCUT2D eigenvalue weighted by atomic mass is 10.3. The second-order valence-corrected chi connectivity index (χ2v) is 12.7. The van der Waals surface area contributed by atoms with Crippen molar-refractivity contribution < 1.29 is 14.3 Å². The van der Waals surface area contributed by atoms with Crippen LogP contribution < -0.4 is 15.4 Å². The van der Waals surface area contributed by atoms with Gasteiger partial charge < -0.3 is 15.4 Å². The molecule has 0 fully saturated rings. The zero-order valence-electron chi connectivity index (χ0n) is 23.7. The van der Waals surface area contributed by atoms with Gasteiger partial charge in [-0.05, 0) is 55.4 Å². The number of hydrogen-bond acceptors (Lipinski definition) is 10. The number of benzene rings is 3. The largest absolute Gasteiger partial charge is 0.486 e. The van der Waals surface area contributed by atoms with Crippen molar-refractivity contribution in [2.24, 2.45) is 0 Å². The van der Waals surface area contributed by atoms with Gasteiger partial charge in [-0.3, -0.25) is 14.2 Å². The maximum absolute atomic E-state index is 12.9. The van der Waals surface area contributed by atoms with Gasteiger partial charge in [0.1, 0.15) is 12.4 Å². The van der Waals surface area contributed by atoms with E-state index in [0.29, 0.717) is 29.0 Å². The second kappa shape index (κ2) is 15.7. The maximum atomic E-state index is 12.9. The Kier molecular flexibility index (Phi) is 11.2. The summed E-state index contributed by atoms with van der Waals surface area (Å²) in [6.45, 7) is 3.61. The molecule has 43 heavy (non-hydrogen) atoms. The highest BCUT2D eigenvalue weighted by Crippen LogP contribution is 2.31. The third kappa shape index (κ3) is 8.90. The Morgan fingerprint density at radius 2 is 1.74 bits per heavy atom. The van der Waals surface area contributed by atoms with Crippen LogP contribution in [-0.4, -0.2) is 56.0 Å². The van der Waals surface area contributed by atoms with Crippen molar-refractivity contribution in [3.63, 3.8) is 0 Å². The van der Waals surface area contributed by atoms with Crippen LogP contribution in [-0.2, 0) is 16.2 Å². The molecule has 9 nitrogen and oxygen atoms in total. The molecule has 0 radical (unpaired) electrons. The lowest BCUT2D eigenvalue weighted by molar-refractivity contribution is -0.116. The number of anilines is 1. The number of para-hydroxylation sites is 2. The number of thioether (sulfide) groups is 2. The van der Waals surface area contributed by atoms with Crippen LogP contribution in [0.3, 0.4) is 0 Å². The van der Waals surface area contributed by atoms with Crippen LogP contribution in [0, 0.1) is 0 Å². The Morgan fingerprint density at radius 1 is 0.953 bits per heavy atom. The molecule has 2 N–H and O–H groups in total. The minimum Gasteiger partial charge on any atom is -0.486 e. The third-order valence-electron chi connectivity index (χ3n) is 6.20. The number of ether oxygens (including phenoxy) is 1. The molecule has 0 spiro atoms. The average Bonchev–Trinajstić information content (AvgIpc) is 3.64. The SMILES string of the molecule is CCCCNCC(=O)CSc1nc2ccc(NC(=O)CSc3nnc(COc4ccccc4)n3-c3ccccc3)cc2s1. The predicted molar refractivity (Wildman–Crippen MR) is 175 cm³/mol. The van der Waals surface area contributed by atoms with Gasteiger partial charge in [-0.25, -0.2) is 4.98 Å². The molecule has 0 unspecified atom stereocenters. The number of ketones is 1. The topological polar surface area (TPSA) is 111 Å². The van der Waals surface area contributed by atoms with E-state index in [1.54, 1.807) is 0 Å². The molecule has 0 saturated carbocycles. The van der Waals surface area contributed by atoms with Crippen molar-refractivity contribution in [1.82, 2.24) is 25.1 Å². The number of carbonyl (C=O) groups excluding carboxylic acids is 2. The van der Waals surface area contributed by atoms with Gasteiger partial charge in [-0.2, -0.15) is 0 Å². The average molecular weight is 633 g/mol. The van der Waals surface area contributed by atoms with Gasteiger partial charge in [0.2, 0.25) is 5.91 Å². The molecule has 5 rings (SSSR count). The first-order valence-corrected chi connectivity index (χ1v) is 16.7. The Bertz CT molecular complexity index is 1640. The number of aromatic nitrogens is 4. The van der Waals surface area contributed by atoms with Gasteiger partial charge in [0, 0.05) is 11.4 Å². The molecule has 222 valence electrons. The molecule has 0 saturated heterocycles. The zero-order valence-corrected chi connectivity index (χ0v) is 26.1. The van der Waals surface area contributed by atoms with Crippen molar-refractivity contribution in [3.05, 3.63) is 84.7 Å². The quantitative estimate of drug-likeness (QED) is 0.0965. The third-order valence-corrected chi connectivity index (χ3v) is 9.35. The molecule has 0 atom stereocenters. The molecule has 2 aromatic heterocycles. The molecule has 0 aliphatic heterocycles. The fourth-order valence-corrected chi connectivity index (χ4v) is 6.82. The van der Waals surface area contributed by atoms with Gasteiger partial charge in [0.05, 0.1) is 28.3 Å². The number of carbonyl (C=O) groups is 2. The fourth-order valence-electron chi connectivity index (χ4n) is 4.08. The summed E-state index contributed by atoms with van der Waals surface area (Å²) in [6.07, 6.45) is 2.17. The van der Waals surface area contributed by atoms with Crippen molar-refractivity contribution >= 4 is 62.5 Å². The van der Waals surface area contributed by atoms with Gasteiger partial charge in [-0.15, -0.1) is 21.5 Å². The van der Waals surface area contributed by atoms with Gasteiger partial charge in [-0.1, -0.05) is 73.3 Å². The number of nitrogens with one attached hydrogen (secondary N) is 2. The summed E-state index contributed by atoms with van der Waals surface area (Å²) in [6, 6.07) is 25.0. The molecule has 0 aliphatic rings. The van der Waals surface area contributed by atoms with Crippen LogP contribution in [0.15, 0.2) is 88.4 Å². The summed E-state index contributed by atoms with van der Waals surface area (Å²) in [5.74, 6) is 1.91. The van der Waals surface area contributed by atoms with E-state index in [2.05, 4.69) is 32.7 Å². The maximum Gasteiger partial charge on any atom is 0.234 e. The first-order chi connectivity index (χ1) is 21.1. The lowest BCUT2D eigenvalue weighted by Crippen LogP contribution is -2.25. The number of hydrogen-bond donors (Lipinski definition) is 2. The van der Waals surface area contributed by atoms with Crippen molar-refractivity contribution in [2.45, 2.75) is 35.9 Å². The van der Waals surface area contributed by atoms with E-state index in [-0.39, 0.29) is 24.1 Å². The van der Waals surface area contributed by atoms with E-state index in [1.807, 2.05) is 83.4 Å². The summed E-state index contributed by atoms with van der Waals surface area (Å²) in [5.41, 5.74) is 2.42. The van der Waals surface area contributed by atoms with Crippen LogP contribution in [0.25, 0.3) is 15.9 Å². The molecule has 1 amide bonds. The Hall–Kier alpha value is -3.71. The number of fused-ring (bicyclic) bond motifs is 1. The highest BCUT2D eigenvalue weighted by molar-refractivity contribution is 8.01. The minimum absolute atomic E-state index is 0.154. The number of nitrogens with zero attached hydrogens (tertiary/aromatic N) is 4. The van der Waals surface area contributed by atoms with Gasteiger partial charge >= 0.3 is 0 Å². The molecule has 0 aliphatic carbocycles. The lowest BCUT2D eigenvalue weighted by Gasteiger charge is -2.11. The van der Waals surface area contributed by atoms with Crippen LogP contribution >= 0.6 is 34.9 Å². The van der Waals surface area contributed by atoms with Crippen LogP contribution in [0.5, 0.6) is 5.75 Å². The first-order valence-electron chi connectivity index (χ1n) is 13.9. The van der Waals surface area contributed by atoms with Crippen molar-refractivity contribution in [3.8, 4) is 11.4 Å². The normalized spacial score (nSPS) is 11.1. The summed E-state index contributed by atoms with van der Waals surface area (Å²) in [4.78, 5) is 29.7.